The smallest absolute Gasteiger partial charge is 0.335 e. The minimum absolute atomic E-state index is 0.182. The summed E-state index contributed by atoms with van der Waals surface area (Å²) >= 11 is 0. The van der Waals surface area contributed by atoms with E-state index in [-0.39, 0.29) is 10.5 Å². The largest absolute Gasteiger partial charge is 0.478 e. The van der Waals surface area contributed by atoms with Gasteiger partial charge in [-0.2, -0.15) is 0 Å². The van der Waals surface area contributed by atoms with Crippen LogP contribution >= 0.6 is 0 Å². The summed E-state index contributed by atoms with van der Waals surface area (Å²) in [5.74, 6) is -2.36. The van der Waals surface area contributed by atoms with E-state index in [0.717, 1.165) is 13.0 Å². The highest BCUT2D eigenvalue weighted by Crippen LogP contribution is 2.20. The minimum atomic E-state index is -4.14. The van der Waals surface area contributed by atoms with Gasteiger partial charge in [0, 0.05) is 0 Å². The third-order valence-corrected chi connectivity index (χ3v) is 4.91. The third-order valence-electron chi connectivity index (χ3n) is 2.85. The number of carboxylic acid groups (broad SMARTS) is 1. The molecular weight excluding hydrogens is 300 g/mol. The Bertz CT molecular complexity index is 710. The summed E-state index contributed by atoms with van der Waals surface area (Å²) < 4.78 is 24.5. The molecule has 0 radical (unpaired) electrons. The molecule has 0 aliphatic carbocycles. The van der Waals surface area contributed by atoms with Crippen LogP contribution in [0.2, 0.25) is 0 Å². The standard InChI is InChI=1S/C12H14N2O6S/c1-6-3-4-8(5-9(6)11(16)17)21(19,20)7(2)10(15)14-12(13)18/h3-5,7H,1-2H3,(H,16,17)(H3,13,14,15,18). The second kappa shape index (κ2) is 5.92. The van der Waals surface area contributed by atoms with Crippen LogP contribution in [0.5, 0.6) is 0 Å². The molecule has 0 heterocycles. The zero-order valence-corrected chi connectivity index (χ0v) is 12.1. The Labute approximate surface area is 120 Å². The van der Waals surface area contributed by atoms with Crippen molar-refractivity contribution in [1.82, 2.24) is 5.32 Å². The Morgan fingerprint density at radius 3 is 2.33 bits per heavy atom. The van der Waals surface area contributed by atoms with Crippen LogP contribution in [0.25, 0.3) is 0 Å². The van der Waals surface area contributed by atoms with E-state index in [9.17, 15) is 22.8 Å². The van der Waals surface area contributed by atoms with Crippen LogP contribution in [0, 0.1) is 6.92 Å². The molecule has 1 aromatic carbocycles. The van der Waals surface area contributed by atoms with Crippen molar-refractivity contribution in [2.24, 2.45) is 5.73 Å². The Kier molecular flexibility index (Phi) is 4.69. The summed E-state index contributed by atoms with van der Waals surface area (Å²) in [6.07, 6.45) is 0. The van der Waals surface area contributed by atoms with Crippen LogP contribution < -0.4 is 11.1 Å². The van der Waals surface area contributed by atoms with Gasteiger partial charge in [-0.1, -0.05) is 6.07 Å². The maximum Gasteiger partial charge on any atom is 0.335 e. The topological polar surface area (TPSA) is 144 Å². The van der Waals surface area contributed by atoms with Gasteiger partial charge in [0.05, 0.1) is 10.5 Å². The molecule has 0 aromatic heterocycles. The zero-order valence-electron chi connectivity index (χ0n) is 11.3. The molecule has 0 spiro atoms. The van der Waals surface area contributed by atoms with Crippen molar-refractivity contribution in [3.05, 3.63) is 29.3 Å². The van der Waals surface area contributed by atoms with E-state index in [0.29, 0.717) is 5.56 Å². The number of primary amides is 1. The van der Waals surface area contributed by atoms with Crippen LogP contribution in [-0.4, -0.2) is 36.7 Å². The molecule has 1 atom stereocenters. The summed E-state index contributed by atoms with van der Waals surface area (Å²) in [7, 11) is -4.14. The number of hydrogen-bond acceptors (Lipinski definition) is 5. The molecule has 0 saturated heterocycles. The number of carboxylic acids is 1. The highest BCUT2D eigenvalue weighted by molar-refractivity contribution is 7.92. The van der Waals surface area contributed by atoms with Crippen molar-refractivity contribution in [2.45, 2.75) is 24.0 Å². The lowest BCUT2D eigenvalue weighted by molar-refractivity contribution is -0.119. The van der Waals surface area contributed by atoms with Gasteiger partial charge in [-0.25, -0.2) is 18.0 Å². The lowest BCUT2D eigenvalue weighted by atomic mass is 10.1. The van der Waals surface area contributed by atoms with Crippen molar-refractivity contribution < 1.29 is 27.9 Å². The van der Waals surface area contributed by atoms with E-state index in [4.69, 9.17) is 10.8 Å². The van der Waals surface area contributed by atoms with Crippen molar-refractivity contribution in [1.29, 1.82) is 0 Å². The van der Waals surface area contributed by atoms with Crippen molar-refractivity contribution in [3.8, 4) is 0 Å². The molecule has 8 nitrogen and oxygen atoms in total. The lowest BCUT2D eigenvalue weighted by Gasteiger charge is -2.13. The van der Waals surface area contributed by atoms with E-state index in [1.165, 1.54) is 19.1 Å². The third kappa shape index (κ3) is 3.57. The van der Waals surface area contributed by atoms with Gasteiger partial charge in [-0.05, 0) is 31.5 Å². The van der Waals surface area contributed by atoms with Crippen LogP contribution in [0.15, 0.2) is 23.1 Å². The molecule has 0 bridgehead atoms. The molecule has 0 fully saturated rings. The molecule has 0 aliphatic rings. The van der Waals surface area contributed by atoms with Crippen molar-refractivity contribution >= 4 is 27.7 Å². The first-order chi connectivity index (χ1) is 9.57. The first-order valence-electron chi connectivity index (χ1n) is 5.75. The lowest BCUT2D eigenvalue weighted by Crippen LogP contribution is -2.43. The zero-order chi connectivity index (χ0) is 16.4. The average molecular weight is 314 g/mol. The van der Waals surface area contributed by atoms with Gasteiger partial charge in [0.1, 0.15) is 5.25 Å². The van der Waals surface area contributed by atoms with E-state index in [1.54, 1.807) is 5.32 Å². The summed E-state index contributed by atoms with van der Waals surface area (Å²) in [6, 6.07) is 2.33. The van der Waals surface area contributed by atoms with Crippen LogP contribution in [0.4, 0.5) is 4.79 Å². The van der Waals surface area contributed by atoms with Gasteiger partial charge in [0.15, 0.2) is 9.84 Å². The number of urea groups is 1. The van der Waals surface area contributed by atoms with E-state index in [2.05, 4.69) is 0 Å². The number of hydrogen-bond donors (Lipinski definition) is 3. The molecule has 114 valence electrons. The van der Waals surface area contributed by atoms with Gasteiger partial charge in [-0.3, -0.25) is 10.1 Å². The fraction of sp³-hybridized carbons (Fsp3) is 0.250. The summed E-state index contributed by atoms with van der Waals surface area (Å²) in [6.45, 7) is 2.59. The second-order valence-corrected chi connectivity index (χ2v) is 6.59. The Morgan fingerprint density at radius 1 is 1.29 bits per heavy atom. The number of amides is 3. The van der Waals surface area contributed by atoms with Crippen molar-refractivity contribution in [3.63, 3.8) is 0 Å². The molecule has 0 saturated carbocycles. The molecule has 4 N–H and O–H groups in total. The number of imide groups is 1. The molecular formula is C12H14N2O6S. The first-order valence-corrected chi connectivity index (χ1v) is 7.30. The van der Waals surface area contributed by atoms with Gasteiger partial charge in [-0.15, -0.1) is 0 Å². The second-order valence-electron chi connectivity index (χ2n) is 4.32. The van der Waals surface area contributed by atoms with Crippen molar-refractivity contribution in [2.75, 3.05) is 0 Å². The number of benzene rings is 1. The fourth-order valence-electron chi connectivity index (χ4n) is 1.58. The molecule has 1 unspecified atom stereocenters. The fourth-order valence-corrected chi connectivity index (χ4v) is 2.87. The van der Waals surface area contributed by atoms with Gasteiger partial charge < -0.3 is 10.8 Å². The maximum atomic E-state index is 12.2. The van der Waals surface area contributed by atoms with Gasteiger partial charge in [0.25, 0.3) is 0 Å². The van der Waals surface area contributed by atoms with Crippen LogP contribution in [0.1, 0.15) is 22.8 Å². The average Bonchev–Trinajstić information content (AvgIpc) is 2.36. The highest BCUT2D eigenvalue weighted by atomic mass is 32.2. The highest BCUT2D eigenvalue weighted by Gasteiger charge is 2.31. The number of aryl methyl sites for hydroxylation is 1. The predicted octanol–water partition coefficient (Wildman–Crippen LogP) is 0.0503. The molecule has 3 amide bonds. The molecule has 0 aliphatic heterocycles. The Hall–Kier alpha value is -2.42. The predicted molar refractivity (Wildman–Crippen MR) is 72.5 cm³/mol. The number of carbonyl (C=O) groups is 3. The van der Waals surface area contributed by atoms with Crippen LogP contribution in [0.3, 0.4) is 0 Å². The normalized spacial score (nSPS) is 12.5. The maximum absolute atomic E-state index is 12.2. The van der Waals surface area contributed by atoms with Gasteiger partial charge >= 0.3 is 12.0 Å². The Morgan fingerprint density at radius 2 is 1.86 bits per heavy atom. The number of rotatable bonds is 4. The van der Waals surface area contributed by atoms with E-state index in [1.807, 2.05) is 0 Å². The number of nitrogens with one attached hydrogen (secondary N) is 1. The van der Waals surface area contributed by atoms with E-state index < -0.39 is 33.0 Å². The van der Waals surface area contributed by atoms with Crippen LogP contribution in [-0.2, 0) is 14.6 Å². The Balaban J connectivity index is 3.25. The van der Waals surface area contributed by atoms with Gasteiger partial charge in [0.2, 0.25) is 5.91 Å². The minimum Gasteiger partial charge on any atom is -0.478 e. The number of carbonyl (C=O) groups excluding carboxylic acids is 2. The molecule has 1 rings (SSSR count). The number of nitrogens with two attached hydrogens (primary N) is 1. The number of sulfone groups is 1. The first kappa shape index (κ1) is 16.6. The quantitative estimate of drug-likeness (QED) is 0.716. The summed E-state index contributed by atoms with van der Waals surface area (Å²) in [5, 5.41) is 9.07. The monoisotopic (exact) mass is 314 g/mol. The molecule has 21 heavy (non-hydrogen) atoms. The van der Waals surface area contributed by atoms with E-state index >= 15 is 0 Å². The number of aromatic carboxylic acids is 1. The summed E-state index contributed by atoms with van der Waals surface area (Å²) in [4.78, 5) is 32.8. The molecule has 9 heteroatoms. The molecule has 1 aromatic rings. The SMILES string of the molecule is Cc1ccc(S(=O)(=O)C(C)C(=O)NC(N)=O)cc1C(=O)O. The summed E-state index contributed by atoms with van der Waals surface area (Å²) in [5.41, 5.74) is 4.96.